The van der Waals surface area contributed by atoms with E-state index in [-0.39, 0.29) is 16.2 Å². The minimum atomic E-state index is -1.12. The van der Waals surface area contributed by atoms with E-state index in [1.807, 2.05) is 11.5 Å². The Hall–Kier alpha value is -3.39. The maximum absolute atomic E-state index is 12.3. The van der Waals surface area contributed by atoms with Gasteiger partial charge in [-0.05, 0) is 49.8 Å². The van der Waals surface area contributed by atoms with Crippen molar-refractivity contribution in [3.8, 4) is 5.69 Å². The Bertz CT molecular complexity index is 1080. The van der Waals surface area contributed by atoms with Gasteiger partial charge in [0.25, 0.3) is 11.8 Å². The standard InChI is InChI=1S/C19H16ClN3O5/c1-9-6-11(7-14-16(24)21-19(28)22(3)17(14)25)10(2)23(9)12-4-5-13(18(26)27)15(20)8-12/h4-8H,1-3H3,(H,26,27)(H,21,24,28). The van der Waals surface area contributed by atoms with Crippen molar-refractivity contribution in [2.24, 2.45) is 0 Å². The lowest BCUT2D eigenvalue weighted by molar-refractivity contribution is -0.129. The SMILES string of the molecule is Cc1cc(C=C2C(=O)NC(=O)N(C)C2=O)c(C)n1-c1ccc(C(=O)O)c(Cl)c1. The number of carbonyl (C=O) groups is 4. The lowest BCUT2D eigenvalue weighted by Crippen LogP contribution is -2.52. The highest BCUT2D eigenvalue weighted by Crippen LogP contribution is 2.27. The number of barbiturate groups is 1. The van der Waals surface area contributed by atoms with Crippen LogP contribution in [0.4, 0.5) is 4.79 Å². The van der Waals surface area contributed by atoms with Gasteiger partial charge >= 0.3 is 12.0 Å². The van der Waals surface area contributed by atoms with Crippen LogP contribution in [0.2, 0.25) is 5.02 Å². The summed E-state index contributed by atoms with van der Waals surface area (Å²) in [7, 11) is 1.28. The molecule has 0 atom stereocenters. The van der Waals surface area contributed by atoms with Crippen molar-refractivity contribution in [3.63, 3.8) is 0 Å². The third-order valence-electron chi connectivity index (χ3n) is 4.52. The average molecular weight is 402 g/mol. The molecule has 1 aromatic heterocycles. The third-order valence-corrected chi connectivity index (χ3v) is 4.83. The lowest BCUT2D eigenvalue weighted by atomic mass is 10.1. The fraction of sp³-hybridized carbons (Fsp3) is 0.158. The second-order valence-corrected chi connectivity index (χ2v) is 6.72. The summed E-state index contributed by atoms with van der Waals surface area (Å²) in [6.07, 6.45) is 1.42. The van der Waals surface area contributed by atoms with Crippen molar-refractivity contribution in [2.45, 2.75) is 13.8 Å². The number of benzene rings is 1. The Morgan fingerprint density at radius 2 is 1.86 bits per heavy atom. The van der Waals surface area contributed by atoms with E-state index in [2.05, 4.69) is 5.32 Å². The first kappa shape index (κ1) is 19.4. The Morgan fingerprint density at radius 3 is 2.46 bits per heavy atom. The summed E-state index contributed by atoms with van der Waals surface area (Å²) in [5.74, 6) is -2.57. The highest BCUT2D eigenvalue weighted by molar-refractivity contribution is 6.33. The van der Waals surface area contributed by atoms with Crippen molar-refractivity contribution >= 4 is 41.5 Å². The minimum absolute atomic E-state index is 0.00704. The van der Waals surface area contributed by atoms with E-state index in [4.69, 9.17) is 16.7 Å². The molecule has 1 aliphatic heterocycles. The van der Waals surface area contributed by atoms with Crippen molar-refractivity contribution in [3.05, 3.63) is 57.4 Å². The van der Waals surface area contributed by atoms with Crippen molar-refractivity contribution < 1.29 is 24.3 Å². The summed E-state index contributed by atoms with van der Waals surface area (Å²) >= 11 is 6.07. The number of nitrogens with one attached hydrogen (secondary N) is 1. The van der Waals surface area contributed by atoms with E-state index < -0.39 is 23.8 Å². The Kier molecular flexibility index (Phi) is 4.82. The number of nitrogens with zero attached hydrogens (tertiary/aromatic N) is 2. The molecule has 0 spiro atoms. The van der Waals surface area contributed by atoms with Crippen LogP contribution < -0.4 is 5.32 Å². The molecule has 0 aliphatic carbocycles. The maximum atomic E-state index is 12.3. The van der Waals surface area contributed by atoms with E-state index >= 15 is 0 Å². The topological polar surface area (TPSA) is 109 Å². The normalized spacial score (nSPS) is 15.9. The summed E-state index contributed by atoms with van der Waals surface area (Å²) in [5.41, 5.74) is 2.59. The highest BCUT2D eigenvalue weighted by Gasteiger charge is 2.33. The second kappa shape index (κ2) is 6.97. The summed E-state index contributed by atoms with van der Waals surface area (Å²) in [5, 5.41) is 11.3. The van der Waals surface area contributed by atoms with Crippen LogP contribution in [0.15, 0.2) is 29.8 Å². The largest absolute Gasteiger partial charge is 0.478 e. The molecule has 2 heterocycles. The summed E-state index contributed by atoms with van der Waals surface area (Å²) in [6, 6.07) is 5.57. The number of carboxylic acids is 1. The molecule has 0 saturated carbocycles. The highest BCUT2D eigenvalue weighted by atomic mass is 35.5. The fourth-order valence-electron chi connectivity index (χ4n) is 3.05. The number of likely N-dealkylation sites (N-methyl/N-ethyl adjacent to an activating group) is 1. The molecule has 0 unspecified atom stereocenters. The van der Waals surface area contributed by atoms with E-state index in [1.165, 1.54) is 25.3 Å². The number of aromatic carboxylic acids is 1. The molecule has 3 rings (SSSR count). The first-order valence-electron chi connectivity index (χ1n) is 8.19. The average Bonchev–Trinajstić information content (AvgIpc) is 2.90. The molecule has 2 N–H and O–H groups in total. The van der Waals surface area contributed by atoms with Gasteiger partial charge in [0.1, 0.15) is 5.57 Å². The van der Waals surface area contributed by atoms with Crippen LogP contribution >= 0.6 is 11.6 Å². The number of aryl methyl sites for hydroxylation is 1. The monoisotopic (exact) mass is 401 g/mol. The number of rotatable bonds is 3. The zero-order valence-corrected chi connectivity index (χ0v) is 16.0. The molecule has 1 saturated heterocycles. The number of urea groups is 1. The predicted molar refractivity (Wildman–Crippen MR) is 101 cm³/mol. The summed E-state index contributed by atoms with van der Waals surface area (Å²) < 4.78 is 1.82. The smallest absolute Gasteiger partial charge is 0.337 e. The van der Waals surface area contributed by atoms with E-state index in [1.54, 1.807) is 19.1 Å². The molecule has 8 nitrogen and oxygen atoms in total. The Morgan fingerprint density at radius 1 is 1.18 bits per heavy atom. The van der Waals surface area contributed by atoms with Crippen LogP contribution in [0.5, 0.6) is 0 Å². The quantitative estimate of drug-likeness (QED) is 0.606. The minimum Gasteiger partial charge on any atom is -0.478 e. The fourth-order valence-corrected chi connectivity index (χ4v) is 3.30. The van der Waals surface area contributed by atoms with Crippen molar-refractivity contribution in [2.75, 3.05) is 7.05 Å². The number of carboxylic acid groups (broad SMARTS) is 1. The van der Waals surface area contributed by atoms with Gasteiger partial charge in [0.15, 0.2) is 0 Å². The molecule has 9 heteroatoms. The maximum Gasteiger partial charge on any atom is 0.337 e. The van der Waals surface area contributed by atoms with Crippen LogP contribution in [-0.4, -0.2) is 45.4 Å². The first-order chi connectivity index (χ1) is 13.1. The van der Waals surface area contributed by atoms with Gasteiger partial charge in [0.2, 0.25) is 0 Å². The molecule has 1 aromatic carbocycles. The number of halogens is 1. The molecule has 1 fully saturated rings. The van der Waals surface area contributed by atoms with Gasteiger partial charge in [0, 0.05) is 24.1 Å². The van der Waals surface area contributed by atoms with Gasteiger partial charge in [-0.3, -0.25) is 19.8 Å². The molecule has 0 radical (unpaired) electrons. The lowest BCUT2D eigenvalue weighted by Gasteiger charge is -2.22. The summed E-state index contributed by atoms with van der Waals surface area (Å²) in [6.45, 7) is 3.62. The van der Waals surface area contributed by atoms with Gasteiger partial charge in [-0.15, -0.1) is 0 Å². The van der Waals surface area contributed by atoms with E-state index in [0.717, 1.165) is 10.6 Å². The van der Waals surface area contributed by atoms with Crippen LogP contribution in [0.3, 0.4) is 0 Å². The number of imide groups is 2. The van der Waals surface area contributed by atoms with Crippen LogP contribution in [-0.2, 0) is 9.59 Å². The van der Waals surface area contributed by atoms with E-state index in [9.17, 15) is 19.2 Å². The zero-order valence-electron chi connectivity index (χ0n) is 15.2. The number of amides is 4. The van der Waals surface area contributed by atoms with Gasteiger partial charge < -0.3 is 9.67 Å². The van der Waals surface area contributed by atoms with Gasteiger partial charge in [0.05, 0.1) is 10.6 Å². The van der Waals surface area contributed by atoms with Crippen molar-refractivity contribution in [1.82, 2.24) is 14.8 Å². The Balaban J connectivity index is 2.07. The molecule has 4 amide bonds. The molecular formula is C19H16ClN3O5. The predicted octanol–water partition coefficient (Wildman–Crippen LogP) is 2.54. The number of aromatic nitrogens is 1. The molecule has 144 valence electrons. The van der Waals surface area contributed by atoms with Gasteiger partial charge in [-0.1, -0.05) is 11.6 Å². The van der Waals surface area contributed by atoms with Crippen LogP contribution in [0.1, 0.15) is 27.3 Å². The molecule has 1 aliphatic rings. The molecule has 0 bridgehead atoms. The van der Waals surface area contributed by atoms with Crippen molar-refractivity contribution in [1.29, 1.82) is 0 Å². The van der Waals surface area contributed by atoms with Crippen LogP contribution in [0.25, 0.3) is 11.8 Å². The number of hydrogen-bond donors (Lipinski definition) is 2. The molecule has 28 heavy (non-hydrogen) atoms. The molecular weight excluding hydrogens is 386 g/mol. The third kappa shape index (κ3) is 3.18. The first-order valence-corrected chi connectivity index (χ1v) is 8.57. The number of carbonyl (C=O) groups excluding carboxylic acids is 3. The second-order valence-electron chi connectivity index (χ2n) is 6.31. The van der Waals surface area contributed by atoms with Gasteiger partial charge in [-0.2, -0.15) is 0 Å². The van der Waals surface area contributed by atoms with Crippen LogP contribution in [0, 0.1) is 13.8 Å². The van der Waals surface area contributed by atoms with Gasteiger partial charge in [-0.25, -0.2) is 9.59 Å². The van der Waals surface area contributed by atoms with E-state index in [0.29, 0.717) is 16.9 Å². The number of hydrogen-bond acceptors (Lipinski definition) is 4. The summed E-state index contributed by atoms with van der Waals surface area (Å²) in [4.78, 5) is 47.8. The zero-order chi connectivity index (χ0) is 20.7. The Labute approximate surface area is 165 Å². The molecule has 2 aromatic rings.